The van der Waals surface area contributed by atoms with Crippen molar-refractivity contribution in [3.05, 3.63) is 61.6 Å². The van der Waals surface area contributed by atoms with Gasteiger partial charge in [-0.2, -0.15) is 0 Å². The first-order chi connectivity index (χ1) is 16.4. The van der Waals surface area contributed by atoms with E-state index >= 15 is 0 Å². The number of imidazole rings is 1. The number of carbonyl (C=O) groups is 1. The Morgan fingerprint density at radius 2 is 2.03 bits per heavy atom. The number of aliphatic imine (C=N–C) groups is 1. The highest BCUT2D eigenvalue weighted by Gasteiger charge is 2.29. The van der Waals surface area contributed by atoms with Crippen molar-refractivity contribution < 1.29 is 9.53 Å². The Morgan fingerprint density at radius 1 is 1.24 bits per heavy atom. The number of hydrogen-bond acceptors (Lipinski definition) is 7. The Morgan fingerprint density at radius 3 is 2.76 bits per heavy atom. The van der Waals surface area contributed by atoms with E-state index in [4.69, 9.17) is 15.5 Å². The van der Waals surface area contributed by atoms with E-state index in [0.29, 0.717) is 43.2 Å². The highest BCUT2D eigenvalue weighted by Crippen LogP contribution is 2.34. The normalized spacial score (nSPS) is 17.2. The summed E-state index contributed by atoms with van der Waals surface area (Å²) in [4.78, 5) is 29.4. The molecule has 0 unspecified atom stereocenters. The lowest BCUT2D eigenvalue weighted by Gasteiger charge is -2.26. The number of allylic oxidation sites excluding steroid dienone is 1. The van der Waals surface area contributed by atoms with E-state index in [1.165, 1.54) is 6.08 Å². The second kappa shape index (κ2) is 8.33. The molecule has 5 rings (SSSR count). The second-order valence-corrected chi connectivity index (χ2v) is 9.04. The average Bonchev–Trinajstić information content (AvgIpc) is 3.46. The molecule has 2 aliphatic heterocycles. The fourth-order valence-electron chi connectivity index (χ4n) is 4.22. The van der Waals surface area contributed by atoms with E-state index in [1.54, 1.807) is 17.3 Å². The molecular weight excluding hydrogens is 430 g/mol. The zero-order chi connectivity index (χ0) is 23.9. The van der Waals surface area contributed by atoms with Gasteiger partial charge < -0.3 is 20.3 Å². The molecule has 9 nitrogen and oxygen atoms in total. The van der Waals surface area contributed by atoms with Crippen LogP contribution in [-0.4, -0.2) is 50.8 Å². The predicted octanol–water partition coefficient (Wildman–Crippen LogP) is 3.49. The van der Waals surface area contributed by atoms with Crippen molar-refractivity contribution in [1.82, 2.24) is 19.3 Å². The van der Waals surface area contributed by atoms with Crippen LogP contribution in [0.4, 0.5) is 11.8 Å². The molecule has 2 N–H and O–H groups in total. The fraction of sp³-hybridized carbons (Fsp3) is 0.280. The zero-order valence-electron chi connectivity index (χ0n) is 19.3. The van der Waals surface area contributed by atoms with E-state index in [-0.39, 0.29) is 11.3 Å². The van der Waals surface area contributed by atoms with Crippen molar-refractivity contribution in [2.45, 2.75) is 20.3 Å². The zero-order valence-corrected chi connectivity index (χ0v) is 19.3. The summed E-state index contributed by atoms with van der Waals surface area (Å²) >= 11 is 0. The van der Waals surface area contributed by atoms with Gasteiger partial charge in [0.25, 0.3) is 0 Å². The standard InChI is InChI=1S/C25H27N7O2/c1-4-19(33)30-14-15-31(16-30)24-29-20(21-22(26)27-12-13-32(21)24)17-6-8-18(9-7-17)34-23-25(2,3)10-5-11-28-23/h4-9,11-13H,1,10,14-16H2,2-3H3,(H2,26,27). The quantitative estimate of drug-likeness (QED) is 0.602. The predicted molar refractivity (Wildman–Crippen MR) is 133 cm³/mol. The molecule has 34 heavy (non-hydrogen) atoms. The molecule has 0 aliphatic carbocycles. The Bertz CT molecular complexity index is 1320. The lowest BCUT2D eigenvalue weighted by atomic mass is 9.88. The maximum atomic E-state index is 12.1. The van der Waals surface area contributed by atoms with E-state index < -0.39 is 0 Å². The minimum absolute atomic E-state index is 0.0957. The minimum Gasteiger partial charge on any atom is -0.442 e. The number of nitrogens with two attached hydrogens (primary N) is 1. The summed E-state index contributed by atoms with van der Waals surface area (Å²) in [7, 11) is 0. The van der Waals surface area contributed by atoms with Crippen molar-refractivity contribution in [1.29, 1.82) is 0 Å². The molecule has 0 radical (unpaired) electrons. The van der Waals surface area contributed by atoms with Gasteiger partial charge in [-0.25, -0.2) is 15.0 Å². The van der Waals surface area contributed by atoms with Gasteiger partial charge in [0.15, 0.2) is 0 Å². The van der Waals surface area contributed by atoms with Crippen molar-refractivity contribution in [3.63, 3.8) is 0 Å². The molecule has 0 spiro atoms. The molecule has 1 saturated heterocycles. The number of carbonyl (C=O) groups excluding carboxylic acids is 1. The lowest BCUT2D eigenvalue weighted by molar-refractivity contribution is -0.124. The average molecular weight is 458 g/mol. The topological polar surface area (TPSA) is 101 Å². The molecule has 1 fully saturated rings. The molecule has 0 atom stereocenters. The number of nitrogen functional groups attached to an aromatic ring is 1. The summed E-state index contributed by atoms with van der Waals surface area (Å²) in [6.45, 7) is 9.52. The third-order valence-corrected chi connectivity index (χ3v) is 6.16. The number of rotatable bonds is 4. The van der Waals surface area contributed by atoms with E-state index in [9.17, 15) is 4.79 Å². The molecule has 2 aliphatic rings. The first-order valence-corrected chi connectivity index (χ1v) is 11.2. The van der Waals surface area contributed by atoms with Crippen LogP contribution in [-0.2, 0) is 4.79 Å². The van der Waals surface area contributed by atoms with Gasteiger partial charge in [-0.05, 0) is 36.8 Å². The molecule has 9 heteroatoms. The van der Waals surface area contributed by atoms with Gasteiger partial charge in [0.05, 0.1) is 6.67 Å². The SMILES string of the molecule is C=CC(=O)N1CCN(c2nc(-c3ccc(OC4=NC=CCC4(C)C)cc3)c3c(N)nccn23)C1. The van der Waals surface area contributed by atoms with Gasteiger partial charge in [-0.15, -0.1) is 0 Å². The van der Waals surface area contributed by atoms with Gasteiger partial charge in [-0.3, -0.25) is 9.20 Å². The van der Waals surface area contributed by atoms with E-state index in [2.05, 4.69) is 30.4 Å². The summed E-state index contributed by atoms with van der Waals surface area (Å²) in [5.74, 6) is 2.41. The van der Waals surface area contributed by atoms with Crippen LogP contribution in [0.5, 0.6) is 5.75 Å². The first-order valence-electron chi connectivity index (χ1n) is 11.2. The number of fused-ring (bicyclic) bond motifs is 1. The van der Waals surface area contributed by atoms with Crippen LogP contribution in [0.1, 0.15) is 20.3 Å². The number of ether oxygens (including phenoxy) is 1. The molecule has 4 heterocycles. The Balaban J connectivity index is 1.47. The summed E-state index contributed by atoms with van der Waals surface area (Å²) in [5, 5.41) is 0. The van der Waals surface area contributed by atoms with Crippen molar-refractivity contribution in [2.24, 2.45) is 10.4 Å². The first kappa shape index (κ1) is 21.7. The molecule has 2 aromatic heterocycles. The van der Waals surface area contributed by atoms with E-state index in [0.717, 1.165) is 23.2 Å². The molecule has 0 saturated carbocycles. The van der Waals surface area contributed by atoms with Crippen LogP contribution in [0.3, 0.4) is 0 Å². The van der Waals surface area contributed by atoms with Crippen LogP contribution in [0.15, 0.2) is 66.6 Å². The van der Waals surface area contributed by atoms with Crippen molar-refractivity contribution in [2.75, 3.05) is 30.4 Å². The van der Waals surface area contributed by atoms with Crippen molar-refractivity contribution >= 4 is 29.1 Å². The van der Waals surface area contributed by atoms with Crippen LogP contribution < -0.4 is 15.4 Å². The Kier molecular flexibility index (Phi) is 5.31. The van der Waals surface area contributed by atoms with Gasteiger partial charge in [0.2, 0.25) is 17.8 Å². The van der Waals surface area contributed by atoms with Crippen molar-refractivity contribution in [3.8, 4) is 17.0 Å². The molecule has 0 bridgehead atoms. The molecule has 1 aromatic carbocycles. The molecule has 174 valence electrons. The summed E-state index contributed by atoms with van der Waals surface area (Å²) in [5.41, 5.74) is 8.45. The monoisotopic (exact) mass is 457 g/mol. The second-order valence-electron chi connectivity index (χ2n) is 9.04. The molecular formula is C25H27N7O2. The maximum absolute atomic E-state index is 12.1. The molecule has 3 aromatic rings. The summed E-state index contributed by atoms with van der Waals surface area (Å²) in [6, 6.07) is 7.73. The van der Waals surface area contributed by atoms with Gasteiger partial charge in [0.1, 0.15) is 22.8 Å². The lowest BCUT2D eigenvalue weighted by Crippen LogP contribution is -2.30. The summed E-state index contributed by atoms with van der Waals surface area (Å²) < 4.78 is 8.01. The smallest absolute Gasteiger partial charge is 0.247 e. The number of amides is 1. The third-order valence-electron chi connectivity index (χ3n) is 6.16. The van der Waals surface area contributed by atoms with Gasteiger partial charge in [-0.1, -0.05) is 26.5 Å². The van der Waals surface area contributed by atoms with Crippen LogP contribution in [0.25, 0.3) is 16.8 Å². The highest BCUT2D eigenvalue weighted by atomic mass is 16.5. The van der Waals surface area contributed by atoms with Gasteiger partial charge >= 0.3 is 0 Å². The van der Waals surface area contributed by atoms with Gasteiger partial charge in [0, 0.05) is 42.7 Å². The number of benzene rings is 1. The Labute approximate surface area is 197 Å². The Hall–Kier alpha value is -4.14. The largest absolute Gasteiger partial charge is 0.442 e. The van der Waals surface area contributed by atoms with E-state index in [1.807, 2.05) is 45.8 Å². The number of aromatic nitrogens is 3. The summed E-state index contributed by atoms with van der Waals surface area (Å²) in [6.07, 6.45) is 9.53. The molecule has 1 amide bonds. The fourth-order valence-corrected chi connectivity index (χ4v) is 4.22. The minimum atomic E-state index is -0.154. The van der Waals surface area contributed by atoms with Crippen LogP contribution >= 0.6 is 0 Å². The number of anilines is 2. The van der Waals surface area contributed by atoms with Crippen LogP contribution in [0.2, 0.25) is 0 Å². The number of nitrogens with zero attached hydrogens (tertiary/aromatic N) is 6. The highest BCUT2D eigenvalue weighted by molar-refractivity contribution is 5.89. The van der Waals surface area contributed by atoms with Crippen LogP contribution in [0, 0.1) is 5.41 Å². The number of hydrogen-bond donors (Lipinski definition) is 1. The third kappa shape index (κ3) is 3.79. The maximum Gasteiger partial charge on any atom is 0.247 e.